The van der Waals surface area contributed by atoms with E-state index in [0.29, 0.717) is 5.56 Å². The highest BCUT2D eigenvalue weighted by Crippen LogP contribution is 2.35. The van der Waals surface area contributed by atoms with Gasteiger partial charge in [0.15, 0.2) is 5.75 Å². The monoisotopic (exact) mass is 209 g/mol. The second-order valence-corrected chi connectivity index (χ2v) is 3.82. The van der Waals surface area contributed by atoms with E-state index < -0.39 is 4.92 Å². The van der Waals surface area contributed by atoms with Crippen LogP contribution in [-0.2, 0) is 6.42 Å². The van der Waals surface area contributed by atoms with E-state index >= 15 is 0 Å². The molecule has 0 radical (unpaired) electrons. The van der Waals surface area contributed by atoms with Crippen LogP contribution in [0, 0.1) is 10.1 Å². The summed E-state index contributed by atoms with van der Waals surface area (Å²) in [6.07, 6.45) is 0.723. The van der Waals surface area contributed by atoms with Gasteiger partial charge in [-0.15, -0.1) is 0 Å². The smallest absolute Gasteiger partial charge is 0.311 e. The number of phenolic OH excluding ortho intramolecular Hbond substituents is 1. The maximum atomic E-state index is 10.7. The molecule has 4 heteroatoms. The largest absolute Gasteiger partial charge is 0.502 e. The number of rotatable bonds is 3. The van der Waals surface area contributed by atoms with E-state index in [-0.39, 0.29) is 17.4 Å². The average molecular weight is 209 g/mol. The van der Waals surface area contributed by atoms with Gasteiger partial charge in [0.05, 0.1) is 4.92 Å². The van der Waals surface area contributed by atoms with Gasteiger partial charge in [0.25, 0.3) is 0 Å². The second-order valence-electron chi connectivity index (χ2n) is 3.82. The van der Waals surface area contributed by atoms with Crippen molar-refractivity contribution < 1.29 is 10.0 Å². The van der Waals surface area contributed by atoms with Crippen molar-refractivity contribution in [2.75, 3.05) is 0 Å². The van der Waals surface area contributed by atoms with Gasteiger partial charge in [-0.3, -0.25) is 10.1 Å². The number of phenols is 1. The van der Waals surface area contributed by atoms with Crippen LogP contribution >= 0.6 is 0 Å². The van der Waals surface area contributed by atoms with E-state index in [2.05, 4.69) is 0 Å². The number of hydrogen-bond acceptors (Lipinski definition) is 3. The van der Waals surface area contributed by atoms with Gasteiger partial charge in [-0.05, 0) is 17.9 Å². The highest BCUT2D eigenvalue weighted by atomic mass is 16.6. The highest BCUT2D eigenvalue weighted by molar-refractivity contribution is 5.54. The molecule has 0 aromatic heterocycles. The molecule has 0 unspecified atom stereocenters. The number of nitro groups is 1. The molecule has 82 valence electrons. The molecule has 0 heterocycles. The first-order chi connectivity index (χ1) is 6.97. The van der Waals surface area contributed by atoms with Crippen LogP contribution in [0.1, 0.15) is 37.8 Å². The number of aryl methyl sites for hydroxylation is 1. The SMILES string of the molecule is CCc1cc(C(C)C)c(O)c([N+](=O)[O-])c1. The quantitative estimate of drug-likeness (QED) is 0.614. The molecular formula is C11H15NO3. The van der Waals surface area contributed by atoms with Gasteiger partial charge >= 0.3 is 5.69 Å². The molecule has 0 amide bonds. The van der Waals surface area contributed by atoms with Gasteiger partial charge in [-0.1, -0.05) is 26.8 Å². The van der Waals surface area contributed by atoms with Gasteiger partial charge in [-0.25, -0.2) is 0 Å². The van der Waals surface area contributed by atoms with E-state index in [4.69, 9.17) is 0 Å². The zero-order valence-electron chi connectivity index (χ0n) is 9.15. The molecule has 0 saturated carbocycles. The maximum Gasteiger partial charge on any atom is 0.311 e. The predicted molar refractivity (Wildman–Crippen MR) is 58.2 cm³/mol. The van der Waals surface area contributed by atoms with Gasteiger partial charge in [0.2, 0.25) is 0 Å². The third-order valence-electron chi connectivity index (χ3n) is 2.41. The molecule has 4 nitrogen and oxygen atoms in total. The van der Waals surface area contributed by atoms with Gasteiger partial charge in [0, 0.05) is 11.6 Å². The fraction of sp³-hybridized carbons (Fsp3) is 0.455. The van der Waals surface area contributed by atoms with Crippen molar-refractivity contribution in [3.63, 3.8) is 0 Å². The average Bonchev–Trinajstić information content (AvgIpc) is 2.17. The molecule has 1 N–H and O–H groups in total. The molecular weight excluding hydrogens is 194 g/mol. The molecule has 1 aromatic rings. The van der Waals surface area contributed by atoms with Crippen LogP contribution in [0.5, 0.6) is 5.75 Å². The first-order valence-corrected chi connectivity index (χ1v) is 4.97. The summed E-state index contributed by atoms with van der Waals surface area (Å²) in [5, 5.41) is 20.4. The van der Waals surface area contributed by atoms with E-state index in [1.165, 1.54) is 6.07 Å². The number of hydrogen-bond donors (Lipinski definition) is 1. The number of benzene rings is 1. The summed E-state index contributed by atoms with van der Waals surface area (Å²) in [6.45, 7) is 5.73. The van der Waals surface area contributed by atoms with Gasteiger partial charge in [-0.2, -0.15) is 0 Å². The molecule has 0 saturated heterocycles. The number of nitrogens with zero attached hydrogens (tertiary/aromatic N) is 1. The van der Waals surface area contributed by atoms with Crippen molar-refractivity contribution in [1.82, 2.24) is 0 Å². The molecule has 0 aliphatic carbocycles. The zero-order valence-corrected chi connectivity index (χ0v) is 9.15. The van der Waals surface area contributed by atoms with E-state index in [1.54, 1.807) is 0 Å². The lowest BCUT2D eigenvalue weighted by molar-refractivity contribution is -0.386. The van der Waals surface area contributed by atoms with Crippen LogP contribution in [-0.4, -0.2) is 10.0 Å². The van der Waals surface area contributed by atoms with Crippen molar-refractivity contribution in [2.24, 2.45) is 0 Å². The highest BCUT2D eigenvalue weighted by Gasteiger charge is 2.19. The Morgan fingerprint density at radius 2 is 2.07 bits per heavy atom. The van der Waals surface area contributed by atoms with Gasteiger partial charge < -0.3 is 5.11 Å². The van der Waals surface area contributed by atoms with E-state index in [0.717, 1.165) is 12.0 Å². The van der Waals surface area contributed by atoms with E-state index in [9.17, 15) is 15.2 Å². The fourth-order valence-corrected chi connectivity index (χ4v) is 1.49. The van der Waals surface area contributed by atoms with Crippen molar-refractivity contribution in [1.29, 1.82) is 0 Å². The molecule has 15 heavy (non-hydrogen) atoms. The summed E-state index contributed by atoms with van der Waals surface area (Å²) in [5.41, 5.74) is 1.32. The molecule has 0 bridgehead atoms. The van der Waals surface area contributed by atoms with Crippen LogP contribution in [0.3, 0.4) is 0 Å². The lowest BCUT2D eigenvalue weighted by Crippen LogP contribution is -1.97. The fourth-order valence-electron chi connectivity index (χ4n) is 1.49. The third kappa shape index (κ3) is 2.26. The minimum absolute atomic E-state index is 0.0789. The zero-order chi connectivity index (χ0) is 11.6. The van der Waals surface area contributed by atoms with E-state index in [1.807, 2.05) is 26.8 Å². The summed E-state index contributed by atoms with van der Waals surface area (Å²) in [7, 11) is 0. The van der Waals surface area contributed by atoms with Crippen molar-refractivity contribution in [3.05, 3.63) is 33.4 Å². The van der Waals surface area contributed by atoms with Crippen molar-refractivity contribution in [2.45, 2.75) is 33.1 Å². The maximum absolute atomic E-state index is 10.7. The Hall–Kier alpha value is -1.58. The Labute approximate surface area is 88.7 Å². The van der Waals surface area contributed by atoms with Crippen LogP contribution in [0.4, 0.5) is 5.69 Å². The Morgan fingerprint density at radius 1 is 1.47 bits per heavy atom. The van der Waals surface area contributed by atoms with Crippen LogP contribution in [0.25, 0.3) is 0 Å². The van der Waals surface area contributed by atoms with Crippen LogP contribution in [0.15, 0.2) is 12.1 Å². The lowest BCUT2D eigenvalue weighted by atomic mass is 9.97. The standard InChI is InChI=1S/C11H15NO3/c1-4-8-5-9(7(2)3)11(13)10(6-8)12(14)15/h5-7,13H,4H2,1-3H3. The number of aromatic hydroxyl groups is 1. The molecule has 0 aliphatic rings. The molecule has 1 rings (SSSR count). The van der Waals surface area contributed by atoms with Crippen LogP contribution < -0.4 is 0 Å². The summed E-state index contributed by atoms with van der Waals surface area (Å²) < 4.78 is 0. The number of nitro benzene ring substituents is 1. The Balaban J connectivity index is 3.40. The van der Waals surface area contributed by atoms with Crippen LogP contribution in [0.2, 0.25) is 0 Å². The second kappa shape index (κ2) is 4.29. The first kappa shape index (κ1) is 11.5. The Kier molecular flexibility index (Phi) is 3.29. The molecule has 0 atom stereocenters. The summed E-state index contributed by atoms with van der Waals surface area (Å²) in [5.74, 6) is -0.123. The van der Waals surface area contributed by atoms with Gasteiger partial charge in [0.1, 0.15) is 0 Å². The molecule has 0 spiro atoms. The Morgan fingerprint density at radius 3 is 2.47 bits per heavy atom. The lowest BCUT2D eigenvalue weighted by Gasteiger charge is -2.10. The summed E-state index contributed by atoms with van der Waals surface area (Å²) in [6, 6.07) is 3.26. The van der Waals surface area contributed by atoms with Crippen molar-refractivity contribution >= 4 is 5.69 Å². The van der Waals surface area contributed by atoms with Crippen molar-refractivity contribution in [3.8, 4) is 5.75 Å². The predicted octanol–water partition coefficient (Wildman–Crippen LogP) is 2.99. The molecule has 0 fully saturated rings. The first-order valence-electron chi connectivity index (χ1n) is 4.97. The molecule has 1 aromatic carbocycles. The summed E-state index contributed by atoms with van der Waals surface area (Å²) >= 11 is 0. The topological polar surface area (TPSA) is 63.4 Å². The third-order valence-corrected chi connectivity index (χ3v) is 2.41. The Bertz CT molecular complexity index is 386. The minimum Gasteiger partial charge on any atom is -0.502 e. The summed E-state index contributed by atoms with van der Waals surface area (Å²) in [4.78, 5) is 10.2. The minimum atomic E-state index is -0.541. The molecule has 0 aliphatic heterocycles. The normalized spacial score (nSPS) is 10.7.